The van der Waals surface area contributed by atoms with E-state index in [2.05, 4.69) is 15.2 Å². The highest BCUT2D eigenvalue weighted by atomic mass is 19.1. The lowest BCUT2D eigenvalue weighted by Crippen LogP contribution is -2.56. The summed E-state index contributed by atoms with van der Waals surface area (Å²) in [7, 11) is 2.04. The van der Waals surface area contributed by atoms with Gasteiger partial charge in [0, 0.05) is 26.2 Å². The topological polar surface area (TPSA) is 74.2 Å². The van der Waals surface area contributed by atoms with Gasteiger partial charge in [0.25, 0.3) is 0 Å². The zero-order chi connectivity index (χ0) is 18.7. The van der Waals surface area contributed by atoms with Gasteiger partial charge in [-0.3, -0.25) is 14.9 Å². The van der Waals surface area contributed by atoms with E-state index in [1.54, 1.807) is 19.1 Å². The SMILES string of the molecule is CCOC(=O)[C@@H]1C(=O)NC(N2CCN(C)CC2)=N[C@@H]1c1ccc(F)cc1. The molecule has 0 radical (unpaired) electrons. The maximum absolute atomic E-state index is 13.3. The molecule has 3 rings (SSSR count). The monoisotopic (exact) mass is 362 g/mol. The van der Waals surface area contributed by atoms with Crippen molar-refractivity contribution in [2.24, 2.45) is 10.9 Å². The number of halogens is 1. The fourth-order valence-electron chi connectivity index (χ4n) is 3.14. The Labute approximate surface area is 151 Å². The van der Waals surface area contributed by atoms with E-state index < -0.39 is 23.8 Å². The molecule has 2 aliphatic rings. The zero-order valence-corrected chi connectivity index (χ0v) is 14.9. The number of nitrogens with zero attached hydrogens (tertiary/aromatic N) is 3. The van der Waals surface area contributed by atoms with Crippen molar-refractivity contribution in [2.45, 2.75) is 13.0 Å². The Morgan fingerprint density at radius 2 is 1.92 bits per heavy atom. The fourth-order valence-corrected chi connectivity index (χ4v) is 3.14. The van der Waals surface area contributed by atoms with E-state index in [0.717, 1.165) is 26.2 Å². The summed E-state index contributed by atoms with van der Waals surface area (Å²) < 4.78 is 18.4. The quantitative estimate of drug-likeness (QED) is 0.635. The number of hydrogen-bond donors (Lipinski definition) is 1. The normalized spacial score (nSPS) is 24.0. The van der Waals surface area contributed by atoms with Crippen molar-refractivity contribution in [3.63, 3.8) is 0 Å². The predicted octanol–water partition coefficient (Wildman–Crippen LogP) is 0.779. The van der Waals surface area contributed by atoms with Gasteiger partial charge in [-0.05, 0) is 31.7 Å². The van der Waals surface area contributed by atoms with Crippen LogP contribution in [-0.2, 0) is 14.3 Å². The molecule has 2 atom stereocenters. The summed E-state index contributed by atoms with van der Waals surface area (Å²) >= 11 is 0. The van der Waals surface area contributed by atoms with Crippen molar-refractivity contribution in [1.29, 1.82) is 0 Å². The van der Waals surface area contributed by atoms with Crippen LogP contribution in [0.25, 0.3) is 0 Å². The summed E-state index contributed by atoms with van der Waals surface area (Å²) in [6.07, 6.45) is 0. The van der Waals surface area contributed by atoms with Gasteiger partial charge in [0.1, 0.15) is 11.9 Å². The number of likely N-dealkylation sites (N-methyl/N-ethyl adjacent to an activating group) is 1. The zero-order valence-electron chi connectivity index (χ0n) is 14.9. The fraction of sp³-hybridized carbons (Fsp3) is 0.500. The second kappa shape index (κ2) is 7.82. The number of rotatable bonds is 3. The number of aliphatic imine (C=N–C) groups is 1. The van der Waals surface area contributed by atoms with Gasteiger partial charge in [-0.25, -0.2) is 9.38 Å². The highest BCUT2D eigenvalue weighted by Gasteiger charge is 2.42. The van der Waals surface area contributed by atoms with Gasteiger partial charge >= 0.3 is 5.97 Å². The molecular formula is C18H23FN4O3. The van der Waals surface area contributed by atoms with Crippen molar-refractivity contribution < 1.29 is 18.7 Å². The number of hydrogen-bond acceptors (Lipinski definition) is 6. The van der Waals surface area contributed by atoms with E-state index in [1.165, 1.54) is 12.1 Å². The lowest BCUT2D eigenvalue weighted by atomic mass is 9.91. The van der Waals surface area contributed by atoms with Crippen LogP contribution in [0, 0.1) is 11.7 Å². The molecule has 7 nitrogen and oxygen atoms in total. The van der Waals surface area contributed by atoms with E-state index in [9.17, 15) is 14.0 Å². The molecule has 2 aliphatic heterocycles. The number of ether oxygens (including phenoxy) is 1. The van der Waals surface area contributed by atoms with Gasteiger partial charge in [0.05, 0.1) is 6.61 Å². The Morgan fingerprint density at radius 1 is 1.27 bits per heavy atom. The third-order valence-electron chi connectivity index (χ3n) is 4.65. The number of esters is 1. The third-order valence-corrected chi connectivity index (χ3v) is 4.65. The minimum absolute atomic E-state index is 0.174. The maximum atomic E-state index is 13.3. The van der Waals surface area contributed by atoms with E-state index >= 15 is 0 Å². The minimum atomic E-state index is -1.09. The Hall–Kier alpha value is -2.48. The summed E-state index contributed by atoms with van der Waals surface area (Å²) in [5, 5.41) is 2.75. The molecule has 1 aromatic rings. The highest BCUT2D eigenvalue weighted by Crippen LogP contribution is 2.31. The van der Waals surface area contributed by atoms with Crippen LogP contribution in [0.3, 0.4) is 0 Å². The average molecular weight is 362 g/mol. The summed E-state index contributed by atoms with van der Waals surface area (Å²) in [5.41, 5.74) is 0.603. The number of piperazine rings is 1. The number of nitrogens with one attached hydrogen (secondary N) is 1. The summed E-state index contributed by atoms with van der Waals surface area (Å²) in [4.78, 5) is 33.8. The highest BCUT2D eigenvalue weighted by molar-refractivity contribution is 6.08. The molecule has 0 spiro atoms. The molecule has 2 heterocycles. The number of guanidine groups is 1. The molecule has 1 amide bonds. The summed E-state index contributed by atoms with van der Waals surface area (Å²) in [6, 6.07) is 4.97. The van der Waals surface area contributed by atoms with Crippen LogP contribution in [0.5, 0.6) is 0 Å². The van der Waals surface area contributed by atoms with Gasteiger partial charge < -0.3 is 14.5 Å². The van der Waals surface area contributed by atoms with Gasteiger partial charge in [-0.15, -0.1) is 0 Å². The molecule has 0 aromatic heterocycles. The van der Waals surface area contributed by atoms with Crippen LogP contribution in [-0.4, -0.2) is 67.5 Å². The van der Waals surface area contributed by atoms with Crippen LogP contribution in [0.4, 0.5) is 4.39 Å². The lowest BCUT2D eigenvalue weighted by molar-refractivity contribution is -0.153. The van der Waals surface area contributed by atoms with Crippen LogP contribution in [0.15, 0.2) is 29.3 Å². The molecule has 0 saturated carbocycles. The second-order valence-electron chi connectivity index (χ2n) is 6.46. The first kappa shape index (κ1) is 18.3. The Kier molecular flexibility index (Phi) is 5.51. The smallest absolute Gasteiger partial charge is 0.321 e. The second-order valence-corrected chi connectivity index (χ2v) is 6.46. The molecule has 26 heavy (non-hydrogen) atoms. The first-order valence-corrected chi connectivity index (χ1v) is 8.74. The molecule has 1 N–H and O–H groups in total. The Bertz CT molecular complexity index is 699. The molecule has 0 unspecified atom stereocenters. The van der Waals surface area contributed by atoms with E-state index in [0.29, 0.717) is 11.5 Å². The number of carbonyl (C=O) groups excluding carboxylic acids is 2. The van der Waals surface area contributed by atoms with Gasteiger partial charge in [-0.2, -0.15) is 0 Å². The van der Waals surface area contributed by atoms with Crippen LogP contribution in [0.2, 0.25) is 0 Å². The van der Waals surface area contributed by atoms with E-state index in [4.69, 9.17) is 4.74 Å². The van der Waals surface area contributed by atoms with Crippen molar-refractivity contribution >= 4 is 17.8 Å². The van der Waals surface area contributed by atoms with Crippen LogP contribution < -0.4 is 5.32 Å². The number of carbonyl (C=O) groups is 2. The van der Waals surface area contributed by atoms with Crippen LogP contribution in [0.1, 0.15) is 18.5 Å². The molecule has 140 valence electrons. The van der Waals surface area contributed by atoms with Gasteiger partial charge in [0.2, 0.25) is 11.9 Å². The molecular weight excluding hydrogens is 339 g/mol. The van der Waals surface area contributed by atoms with Crippen molar-refractivity contribution in [3.8, 4) is 0 Å². The summed E-state index contributed by atoms with van der Waals surface area (Å²) in [5.74, 6) is -2.08. The predicted molar refractivity (Wildman–Crippen MR) is 93.9 cm³/mol. The Morgan fingerprint density at radius 3 is 2.54 bits per heavy atom. The number of amides is 1. The first-order valence-electron chi connectivity index (χ1n) is 8.74. The molecule has 1 aromatic carbocycles. The van der Waals surface area contributed by atoms with Crippen molar-refractivity contribution in [1.82, 2.24) is 15.1 Å². The lowest BCUT2D eigenvalue weighted by Gasteiger charge is -2.37. The van der Waals surface area contributed by atoms with Gasteiger partial charge in [0.15, 0.2) is 5.92 Å². The Balaban J connectivity index is 1.93. The van der Waals surface area contributed by atoms with Gasteiger partial charge in [-0.1, -0.05) is 12.1 Å². The van der Waals surface area contributed by atoms with Crippen molar-refractivity contribution in [2.75, 3.05) is 39.8 Å². The molecule has 1 fully saturated rings. The molecule has 1 saturated heterocycles. The molecule has 0 aliphatic carbocycles. The maximum Gasteiger partial charge on any atom is 0.321 e. The van der Waals surface area contributed by atoms with E-state index in [-0.39, 0.29) is 12.4 Å². The standard InChI is InChI=1S/C18H23FN4O3/c1-3-26-17(25)14-15(12-4-6-13(19)7-5-12)20-18(21-16(14)24)23-10-8-22(2)9-11-23/h4-7,14-15H,3,8-11H2,1-2H3,(H,20,21,24)/t14-,15+/m0/s1. The van der Waals surface area contributed by atoms with E-state index in [1.807, 2.05) is 11.9 Å². The molecule has 8 heteroatoms. The first-order chi connectivity index (χ1) is 12.5. The third kappa shape index (κ3) is 3.85. The largest absolute Gasteiger partial charge is 0.465 e. The average Bonchev–Trinajstić information content (AvgIpc) is 2.62. The van der Waals surface area contributed by atoms with Crippen LogP contribution >= 0.6 is 0 Å². The number of benzene rings is 1. The van der Waals surface area contributed by atoms with Crippen molar-refractivity contribution in [3.05, 3.63) is 35.6 Å². The minimum Gasteiger partial charge on any atom is -0.465 e. The summed E-state index contributed by atoms with van der Waals surface area (Å²) in [6.45, 7) is 5.04. The molecule has 0 bridgehead atoms.